The summed E-state index contributed by atoms with van der Waals surface area (Å²) in [7, 11) is -3.56. The van der Waals surface area contributed by atoms with Crippen molar-refractivity contribution in [3.63, 3.8) is 0 Å². The van der Waals surface area contributed by atoms with Crippen molar-refractivity contribution in [2.24, 2.45) is 5.92 Å². The molecular weight excluding hydrogens is 566 g/mol. The third kappa shape index (κ3) is 6.53. The molecule has 3 heterocycles. The van der Waals surface area contributed by atoms with Crippen molar-refractivity contribution in [2.45, 2.75) is 100 Å². The molecule has 1 aromatic rings. The number of carbonyl (C=O) groups excluding carboxylic acids is 2. The first-order valence-corrected chi connectivity index (χ1v) is 16.5. The fraction of sp³-hybridized carbons (Fsp3) is 0.655. The van der Waals surface area contributed by atoms with Crippen LogP contribution >= 0.6 is 11.6 Å². The van der Waals surface area contributed by atoms with Crippen LogP contribution in [0.2, 0.25) is 0 Å². The second kappa shape index (κ2) is 11.7. The number of aryl methyl sites for hydroxylation is 1. The smallest absolute Gasteiger partial charge is 0.410 e. The van der Waals surface area contributed by atoms with Crippen molar-refractivity contribution in [1.82, 2.24) is 20.4 Å². The highest BCUT2D eigenvalue weighted by molar-refractivity contribution is 7.92. The molecule has 2 saturated heterocycles. The van der Waals surface area contributed by atoms with Crippen LogP contribution in [0, 0.1) is 12.8 Å². The van der Waals surface area contributed by atoms with Gasteiger partial charge in [-0.15, -0.1) is 0 Å². The largest absolute Gasteiger partial charge is 0.444 e. The van der Waals surface area contributed by atoms with Crippen molar-refractivity contribution >= 4 is 39.1 Å². The molecular formula is C29H42ClN5O5S. The minimum Gasteiger partial charge on any atom is -0.444 e. The minimum atomic E-state index is -3.56. The van der Waals surface area contributed by atoms with Gasteiger partial charge in [-0.25, -0.2) is 13.2 Å². The number of fused-ring (bicyclic) bond motifs is 1. The van der Waals surface area contributed by atoms with Crippen LogP contribution in [-0.4, -0.2) is 79.2 Å². The van der Waals surface area contributed by atoms with Gasteiger partial charge in [0.2, 0.25) is 0 Å². The van der Waals surface area contributed by atoms with E-state index in [1.165, 1.54) is 0 Å². The van der Waals surface area contributed by atoms with Gasteiger partial charge in [0.1, 0.15) is 16.9 Å². The summed E-state index contributed by atoms with van der Waals surface area (Å²) >= 11 is 6.33. The number of hydrogen-bond donors (Lipinski definition) is 3. The van der Waals surface area contributed by atoms with Crippen LogP contribution < -0.4 is 16.0 Å². The zero-order chi connectivity index (χ0) is 29.5. The number of nitrogens with one attached hydrogen (secondary N) is 3. The van der Waals surface area contributed by atoms with Crippen molar-refractivity contribution in [2.75, 3.05) is 25.0 Å². The first-order chi connectivity index (χ1) is 19.3. The monoisotopic (exact) mass is 607 g/mol. The van der Waals surface area contributed by atoms with Gasteiger partial charge in [-0.2, -0.15) is 0 Å². The van der Waals surface area contributed by atoms with Gasteiger partial charge < -0.3 is 19.9 Å². The first kappa shape index (κ1) is 30.1. The molecule has 3 atom stereocenters. The highest BCUT2D eigenvalue weighted by atomic mass is 35.5. The van der Waals surface area contributed by atoms with Crippen LogP contribution in [0.5, 0.6) is 0 Å². The van der Waals surface area contributed by atoms with E-state index in [0.29, 0.717) is 32.5 Å². The quantitative estimate of drug-likeness (QED) is 0.461. The Morgan fingerprint density at radius 3 is 2.44 bits per heavy atom. The molecule has 1 aliphatic carbocycles. The summed E-state index contributed by atoms with van der Waals surface area (Å²) < 4.78 is 32.4. The van der Waals surface area contributed by atoms with Crippen LogP contribution in [0.25, 0.3) is 0 Å². The number of amides is 2. The van der Waals surface area contributed by atoms with Crippen molar-refractivity contribution in [3.05, 3.63) is 34.9 Å². The van der Waals surface area contributed by atoms with Crippen molar-refractivity contribution in [3.8, 4) is 0 Å². The number of halogens is 1. The first-order valence-electron chi connectivity index (χ1n) is 14.6. The molecule has 1 aromatic carbocycles. The summed E-state index contributed by atoms with van der Waals surface area (Å²) in [6, 6.07) is 5.34. The molecule has 4 aliphatic rings. The maximum atomic E-state index is 13.5. The van der Waals surface area contributed by atoms with Gasteiger partial charge >= 0.3 is 6.09 Å². The van der Waals surface area contributed by atoms with Crippen LogP contribution in [0.1, 0.15) is 64.9 Å². The van der Waals surface area contributed by atoms with Gasteiger partial charge in [-0.05, 0) is 77.1 Å². The maximum absolute atomic E-state index is 13.5. The SMILES string of the molecule is Cc1cc(S(=O)(=O)C2CCN(C(=O)OC(C)(C)C)CC2)ccc1NC1NCC2C=C(Cl)C(=O)N(C3CCCC3)C2N1. The molecule has 0 spiro atoms. The Labute approximate surface area is 248 Å². The van der Waals surface area contributed by atoms with Crippen LogP contribution in [0.15, 0.2) is 34.2 Å². The summed E-state index contributed by atoms with van der Waals surface area (Å²) in [6.45, 7) is 8.67. The number of hydrogen-bond acceptors (Lipinski definition) is 8. The van der Waals surface area contributed by atoms with E-state index >= 15 is 0 Å². The molecule has 3 aliphatic heterocycles. The van der Waals surface area contributed by atoms with E-state index in [9.17, 15) is 18.0 Å². The van der Waals surface area contributed by atoms with E-state index in [4.69, 9.17) is 16.3 Å². The highest BCUT2D eigenvalue weighted by Gasteiger charge is 2.43. The number of nitrogens with zero attached hydrogens (tertiary/aromatic N) is 2. The molecule has 0 bridgehead atoms. The minimum absolute atomic E-state index is 0.0641. The summed E-state index contributed by atoms with van der Waals surface area (Å²) in [5, 5.41) is 10.2. The van der Waals surface area contributed by atoms with Crippen molar-refractivity contribution in [1.29, 1.82) is 0 Å². The average Bonchev–Trinajstić information content (AvgIpc) is 3.44. The van der Waals surface area contributed by atoms with Gasteiger partial charge in [0, 0.05) is 37.3 Å². The van der Waals surface area contributed by atoms with E-state index in [-0.39, 0.29) is 40.3 Å². The predicted molar refractivity (Wildman–Crippen MR) is 158 cm³/mol. The average molecular weight is 608 g/mol. The Morgan fingerprint density at radius 2 is 1.80 bits per heavy atom. The zero-order valence-electron chi connectivity index (χ0n) is 24.3. The van der Waals surface area contributed by atoms with E-state index in [2.05, 4.69) is 16.0 Å². The van der Waals surface area contributed by atoms with Crippen LogP contribution in [0.4, 0.5) is 10.5 Å². The molecule has 12 heteroatoms. The number of carbonyl (C=O) groups is 2. The standard InChI is InChI=1S/C29H42ClN5O5S/c1-18-15-22(41(38,39)21-11-13-34(14-12-21)28(37)40-29(2,3)4)9-10-24(18)32-27-31-17-19-16-23(30)26(36)35(25(19)33-27)20-7-5-6-8-20/h9-10,15-16,19-21,25,27,31-33H,5-8,11-14,17H2,1-4H3. The third-order valence-electron chi connectivity index (χ3n) is 8.48. The molecule has 5 rings (SSSR count). The molecule has 0 radical (unpaired) electrons. The summed E-state index contributed by atoms with van der Waals surface area (Å²) in [4.78, 5) is 29.2. The molecule has 3 fully saturated rings. The Kier molecular flexibility index (Phi) is 8.63. The lowest BCUT2D eigenvalue weighted by Crippen LogP contribution is -2.69. The van der Waals surface area contributed by atoms with Gasteiger partial charge in [0.05, 0.1) is 16.3 Å². The number of anilines is 1. The Morgan fingerprint density at radius 1 is 1.12 bits per heavy atom. The van der Waals surface area contributed by atoms with Crippen molar-refractivity contribution < 1.29 is 22.7 Å². The zero-order valence-corrected chi connectivity index (χ0v) is 25.9. The molecule has 2 amide bonds. The Bertz CT molecular complexity index is 1300. The van der Waals surface area contributed by atoms with E-state index in [0.717, 1.165) is 36.9 Å². The molecule has 0 aromatic heterocycles. The molecule has 1 saturated carbocycles. The molecule has 3 N–H and O–H groups in total. The maximum Gasteiger partial charge on any atom is 0.410 e. The summed E-state index contributed by atoms with van der Waals surface area (Å²) in [6.07, 6.45) is 5.91. The highest BCUT2D eigenvalue weighted by Crippen LogP contribution is 2.34. The van der Waals surface area contributed by atoms with Crippen LogP contribution in [0.3, 0.4) is 0 Å². The Balaban J connectivity index is 1.23. The second-order valence-electron chi connectivity index (χ2n) is 12.6. The van der Waals surface area contributed by atoms with E-state index in [1.54, 1.807) is 23.1 Å². The van der Waals surface area contributed by atoms with Gasteiger partial charge in [0.25, 0.3) is 5.91 Å². The van der Waals surface area contributed by atoms with Gasteiger partial charge in [-0.3, -0.25) is 15.4 Å². The molecule has 41 heavy (non-hydrogen) atoms. The van der Waals surface area contributed by atoms with Gasteiger partial charge in [-0.1, -0.05) is 30.5 Å². The number of likely N-dealkylation sites (tertiary alicyclic amines) is 1. The topological polar surface area (TPSA) is 120 Å². The summed E-state index contributed by atoms with van der Waals surface area (Å²) in [5.41, 5.74) is 1.01. The fourth-order valence-corrected chi connectivity index (χ4v) is 8.41. The number of rotatable bonds is 5. The summed E-state index contributed by atoms with van der Waals surface area (Å²) in [5.74, 6) is -0.0511. The fourth-order valence-electron chi connectivity index (χ4n) is 6.33. The number of sulfone groups is 1. The number of benzene rings is 1. The second-order valence-corrected chi connectivity index (χ2v) is 15.3. The number of ether oxygens (including phenoxy) is 1. The number of piperidine rings is 1. The van der Waals surface area contributed by atoms with E-state index in [1.807, 2.05) is 38.7 Å². The third-order valence-corrected chi connectivity index (χ3v) is 11.0. The lowest BCUT2D eigenvalue weighted by molar-refractivity contribution is -0.135. The van der Waals surface area contributed by atoms with E-state index < -0.39 is 26.8 Å². The normalized spacial score (nSPS) is 26.5. The lowest BCUT2D eigenvalue weighted by Gasteiger charge is -2.48. The molecule has 10 nitrogen and oxygen atoms in total. The molecule has 3 unspecified atom stereocenters. The predicted octanol–water partition coefficient (Wildman–Crippen LogP) is 3.91. The lowest BCUT2D eigenvalue weighted by atomic mass is 9.95. The molecule has 226 valence electrons. The van der Waals surface area contributed by atoms with Crippen LogP contribution in [-0.2, 0) is 19.4 Å². The Hall–Kier alpha value is -2.34. The van der Waals surface area contributed by atoms with Gasteiger partial charge in [0.15, 0.2) is 9.84 Å².